The van der Waals surface area contributed by atoms with Gasteiger partial charge in [-0.2, -0.15) is 0 Å². The van der Waals surface area contributed by atoms with Crippen molar-refractivity contribution < 1.29 is 8.42 Å². The van der Waals surface area contributed by atoms with Crippen LogP contribution in [0.4, 0.5) is 0 Å². The summed E-state index contributed by atoms with van der Waals surface area (Å²) in [5.74, 6) is 0. The monoisotopic (exact) mass is 341 g/mol. The molecule has 1 aromatic rings. The van der Waals surface area contributed by atoms with Crippen LogP contribution in [0.15, 0.2) is 14.7 Å². The first-order valence-corrected chi connectivity index (χ1v) is 8.14. The van der Waals surface area contributed by atoms with E-state index >= 15 is 0 Å². The fourth-order valence-electron chi connectivity index (χ4n) is 1.21. The lowest BCUT2D eigenvalue weighted by Crippen LogP contribution is -2.36. The highest BCUT2D eigenvalue weighted by atomic mass is 79.9. The van der Waals surface area contributed by atoms with Crippen LogP contribution >= 0.6 is 27.3 Å². The minimum Gasteiger partial charge on any atom is -0.312 e. The molecule has 17 heavy (non-hydrogen) atoms. The van der Waals surface area contributed by atoms with Crippen molar-refractivity contribution in [3.63, 3.8) is 0 Å². The third-order valence-electron chi connectivity index (χ3n) is 1.85. The second-order valence-electron chi connectivity index (χ2n) is 3.62. The van der Waals surface area contributed by atoms with Gasteiger partial charge in [0, 0.05) is 25.5 Å². The second kappa shape index (κ2) is 6.26. The van der Waals surface area contributed by atoms with E-state index in [9.17, 15) is 8.42 Å². The first-order valence-electron chi connectivity index (χ1n) is 5.05. The van der Waals surface area contributed by atoms with Crippen LogP contribution in [0.1, 0.15) is 11.8 Å². The highest BCUT2D eigenvalue weighted by Crippen LogP contribution is 2.31. The first-order chi connectivity index (χ1) is 7.86. The number of hydrogen-bond donors (Lipinski definition) is 2. The minimum atomic E-state index is -3.48. The summed E-state index contributed by atoms with van der Waals surface area (Å²) in [4.78, 5) is 3.67. The van der Waals surface area contributed by atoms with Gasteiger partial charge in [0.1, 0.15) is 4.90 Å². The maximum Gasteiger partial charge on any atom is 0.255 e. The molecule has 0 saturated carbocycles. The highest BCUT2D eigenvalue weighted by molar-refractivity contribution is 9.11. The van der Waals surface area contributed by atoms with Gasteiger partial charge in [0.15, 0.2) is 0 Å². The van der Waals surface area contributed by atoms with Gasteiger partial charge in [-0.3, -0.25) is 0 Å². The predicted molar refractivity (Wildman–Crippen MR) is 73.4 cm³/mol. The fourth-order valence-corrected chi connectivity index (χ4v) is 4.94. The number of hydrazine groups is 1. The molecule has 0 bridgehead atoms. The van der Waals surface area contributed by atoms with Gasteiger partial charge in [0.05, 0.1) is 3.79 Å². The third kappa shape index (κ3) is 4.31. The summed E-state index contributed by atoms with van der Waals surface area (Å²) in [5.41, 5.74) is 0. The maximum atomic E-state index is 12.0. The molecule has 0 radical (unpaired) electrons. The number of nitrogens with one attached hydrogen (secondary N) is 2. The zero-order valence-electron chi connectivity index (χ0n) is 9.95. The highest BCUT2D eigenvalue weighted by Gasteiger charge is 2.21. The minimum absolute atomic E-state index is 0.282. The van der Waals surface area contributed by atoms with Crippen LogP contribution in [0.3, 0.4) is 0 Å². The van der Waals surface area contributed by atoms with Gasteiger partial charge in [0.25, 0.3) is 10.0 Å². The zero-order chi connectivity index (χ0) is 13.1. The lowest BCUT2D eigenvalue weighted by atomic mass is 10.4. The van der Waals surface area contributed by atoms with Crippen molar-refractivity contribution in [3.05, 3.63) is 14.7 Å². The van der Waals surface area contributed by atoms with E-state index in [0.717, 1.165) is 11.4 Å². The molecule has 5 nitrogen and oxygen atoms in total. The van der Waals surface area contributed by atoms with Crippen molar-refractivity contribution in [1.29, 1.82) is 0 Å². The molecule has 0 aliphatic rings. The third-order valence-corrected chi connectivity index (χ3v) is 5.58. The number of sulfonamides is 1. The van der Waals surface area contributed by atoms with Gasteiger partial charge < -0.3 is 5.32 Å². The smallest absolute Gasteiger partial charge is 0.255 e. The molecule has 0 aliphatic heterocycles. The fraction of sp³-hybridized carbons (Fsp3) is 0.556. The van der Waals surface area contributed by atoms with Crippen molar-refractivity contribution in [2.45, 2.75) is 18.4 Å². The molecule has 2 N–H and O–H groups in total. The Hall–Kier alpha value is 0.01000. The Morgan fingerprint density at radius 1 is 1.47 bits per heavy atom. The Morgan fingerprint density at radius 3 is 2.65 bits per heavy atom. The summed E-state index contributed by atoms with van der Waals surface area (Å²) in [6.45, 7) is 3.54. The van der Waals surface area contributed by atoms with Crippen molar-refractivity contribution in [2.24, 2.45) is 0 Å². The number of rotatable bonds is 6. The van der Waals surface area contributed by atoms with E-state index in [4.69, 9.17) is 0 Å². The summed E-state index contributed by atoms with van der Waals surface area (Å²) in [5, 5.41) is 4.57. The molecule has 1 rings (SSSR count). The van der Waals surface area contributed by atoms with E-state index in [-0.39, 0.29) is 4.90 Å². The Balaban J connectivity index is 2.94. The molecule has 0 spiro atoms. The Morgan fingerprint density at radius 2 is 2.12 bits per heavy atom. The Bertz CT molecular complexity index is 471. The first kappa shape index (κ1) is 15.1. The van der Waals surface area contributed by atoms with Gasteiger partial charge in [0.2, 0.25) is 0 Å². The molecule has 0 aliphatic carbocycles. The lowest BCUT2D eigenvalue weighted by Gasteiger charge is -2.11. The molecule has 1 aromatic heterocycles. The number of nitrogens with zero attached hydrogens (tertiary/aromatic N) is 1. The normalized spacial score (nSPS) is 12.3. The van der Waals surface area contributed by atoms with Crippen molar-refractivity contribution in [3.8, 4) is 0 Å². The summed E-state index contributed by atoms with van der Waals surface area (Å²) >= 11 is 4.71. The molecule has 0 fully saturated rings. The maximum absolute atomic E-state index is 12.0. The zero-order valence-corrected chi connectivity index (χ0v) is 13.2. The van der Waals surface area contributed by atoms with E-state index in [2.05, 4.69) is 26.1 Å². The molecular weight excluding hydrogens is 326 g/mol. The number of thiophene rings is 1. The van der Waals surface area contributed by atoms with Gasteiger partial charge >= 0.3 is 0 Å². The van der Waals surface area contributed by atoms with Gasteiger partial charge in [-0.05, 0) is 28.5 Å². The largest absolute Gasteiger partial charge is 0.312 e. The van der Waals surface area contributed by atoms with E-state index in [0.29, 0.717) is 10.3 Å². The second-order valence-corrected chi connectivity index (χ2v) is 7.70. The van der Waals surface area contributed by atoms with Crippen LogP contribution in [0.5, 0.6) is 0 Å². The molecule has 0 unspecified atom stereocenters. The van der Waals surface area contributed by atoms with Gasteiger partial charge in [-0.1, -0.05) is 6.92 Å². The van der Waals surface area contributed by atoms with Crippen LogP contribution < -0.4 is 10.1 Å². The standard InChI is InChI=1S/C9H16BrN3O2S2/c1-4-11-6-7-5-8(9(10)16-7)17(14,15)12-13(2)3/h5,11-12H,4,6H2,1-3H3. The van der Waals surface area contributed by atoms with Crippen LogP contribution in [-0.4, -0.2) is 34.1 Å². The Kier molecular flexibility index (Phi) is 5.55. The van der Waals surface area contributed by atoms with Crippen LogP contribution in [0, 0.1) is 0 Å². The van der Waals surface area contributed by atoms with Crippen LogP contribution in [-0.2, 0) is 16.6 Å². The van der Waals surface area contributed by atoms with Crippen molar-refractivity contribution >= 4 is 37.3 Å². The molecule has 0 amide bonds. The Labute approximate surface area is 114 Å². The summed E-state index contributed by atoms with van der Waals surface area (Å²) in [7, 11) is -0.210. The van der Waals surface area contributed by atoms with E-state index < -0.39 is 10.0 Å². The van der Waals surface area contributed by atoms with E-state index in [1.807, 2.05) is 6.92 Å². The molecule has 0 saturated heterocycles. The van der Waals surface area contributed by atoms with Crippen molar-refractivity contribution in [1.82, 2.24) is 15.2 Å². The average molecular weight is 342 g/mol. The number of hydrogen-bond acceptors (Lipinski definition) is 5. The van der Waals surface area contributed by atoms with Crippen LogP contribution in [0.2, 0.25) is 0 Å². The molecule has 1 heterocycles. The lowest BCUT2D eigenvalue weighted by molar-refractivity contribution is 0.364. The van der Waals surface area contributed by atoms with Gasteiger partial charge in [-0.25, -0.2) is 13.4 Å². The molecule has 0 atom stereocenters. The summed E-state index contributed by atoms with van der Waals surface area (Å²) in [6.07, 6.45) is 0. The summed E-state index contributed by atoms with van der Waals surface area (Å²) < 4.78 is 24.5. The molecule has 98 valence electrons. The summed E-state index contributed by atoms with van der Waals surface area (Å²) in [6, 6.07) is 1.68. The average Bonchev–Trinajstić information content (AvgIpc) is 2.55. The van der Waals surface area contributed by atoms with E-state index in [1.165, 1.54) is 16.3 Å². The van der Waals surface area contributed by atoms with Gasteiger partial charge in [-0.15, -0.1) is 16.2 Å². The van der Waals surface area contributed by atoms with Crippen molar-refractivity contribution in [2.75, 3.05) is 20.6 Å². The van der Waals surface area contributed by atoms with Crippen LogP contribution in [0.25, 0.3) is 0 Å². The molecule has 0 aromatic carbocycles. The SMILES string of the molecule is CCNCc1cc(S(=O)(=O)NN(C)C)c(Br)s1. The van der Waals surface area contributed by atoms with E-state index in [1.54, 1.807) is 20.2 Å². The number of halogens is 1. The molecule has 8 heteroatoms. The molecular formula is C9H16BrN3O2S2. The predicted octanol–water partition coefficient (Wildman–Crippen LogP) is 1.37. The topological polar surface area (TPSA) is 61.4 Å². The quantitative estimate of drug-likeness (QED) is 0.767.